The van der Waals surface area contributed by atoms with E-state index in [0.717, 1.165) is 80.3 Å². The summed E-state index contributed by atoms with van der Waals surface area (Å²) in [5.41, 5.74) is 9.71. The minimum Gasteiger partial charge on any atom is -0.376 e. The van der Waals surface area contributed by atoms with Crippen LogP contribution in [0.15, 0.2) is 23.3 Å². The molecule has 6 heterocycles. The third-order valence-electron chi connectivity index (χ3n) is 7.87. The number of hydrogen-bond donors (Lipinski definition) is 2. The lowest BCUT2D eigenvalue weighted by Crippen LogP contribution is -2.50. The molecule has 0 bridgehead atoms. The number of aromatic amines is 1. The van der Waals surface area contributed by atoms with E-state index in [0.29, 0.717) is 5.65 Å². The number of H-pyrrole nitrogens is 1. The first kappa shape index (κ1) is 20.6. The molecule has 3 aromatic heterocycles. The number of aromatic nitrogens is 5. The van der Waals surface area contributed by atoms with E-state index in [-0.39, 0.29) is 23.1 Å². The van der Waals surface area contributed by atoms with Crippen LogP contribution in [0.3, 0.4) is 0 Å². The Kier molecular flexibility index (Phi) is 4.70. The zero-order valence-electron chi connectivity index (χ0n) is 19.1. The van der Waals surface area contributed by atoms with E-state index in [2.05, 4.69) is 26.9 Å². The van der Waals surface area contributed by atoms with Crippen molar-refractivity contribution in [1.82, 2.24) is 24.7 Å². The van der Waals surface area contributed by atoms with Crippen molar-refractivity contribution < 1.29 is 4.74 Å². The average molecular weight is 451 g/mol. The van der Waals surface area contributed by atoms with Gasteiger partial charge in [-0.05, 0) is 38.7 Å². The van der Waals surface area contributed by atoms with Crippen LogP contribution in [0.1, 0.15) is 31.7 Å². The van der Waals surface area contributed by atoms with E-state index < -0.39 is 0 Å². The second kappa shape index (κ2) is 7.53. The van der Waals surface area contributed by atoms with E-state index in [1.807, 2.05) is 18.5 Å². The Bertz CT molecular complexity index is 1260. The number of hydrogen-bond acceptors (Lipinski definition) is 8. The molecule has 33 heavy (non-hydrogen) atoms. The molecule has 2 fully saturated rings. The summed E-state index contributed by atoms with van der Waals surface area (Å²) in [4.78, 5) is 26.5. The van der Waals surface area contributed by atoms with Crippen LogP contribution >= 0.6 is 0 Å². The maximum Gasteiger partial charge on any atom is 0.255 e. The molecular weight excluding hydrogens is 420 g/mol. The van der Waals surface area contributed by atoms with Gasteiger partial charge in [-0.15, -0.1) is 0 Å². The van der Waals surface area contributed by atoms with Gasteiger partial charge in [-0.2, -0.15) is 5.10 Å². The van der Waals surface area contributed by atoms with Crippen LogP contribution in [0.25, 0.3) is 11.2 Å². The zero-order valence-corrected chi connectivity index (χ0v) is 19.1. The monoisotopic (exact) mass is 450 g/mol. The summed E-state index contributed by atoms with van der Waals surface area (Å²) >= 11 is 0. The Morgan fingerprint density at radius 3 is 2.85 bits per heavy atom. The smallest absolute Gasteiger partial charge is 0.255 e. The van der Waals surface area contributed by atoms with E-state index in [4.69, 9.17) is 20.4 Å². The van der Waals surface area contributed by atoms with E-state index in [1.54, 1.807) is 11.6 Å². The van der Waals surface area contributed by atoms with Crippen LogP contribution in [-0.4, -0.2) is 63.1 Å². The molecule has 10 heteroatoms. The molecule has 3 N–H and O–H groups in total. The van der Waals surface area contributed by atoms with Gasteiger partial charge in [-0.3, -0.25) is 9.89 Å². The Morgan fingerprint density at radius 2 is 2.09 bits per heavy atom. The Hall–Kier alpha value is -2.98. The van der Waals surface area contributed by atoms with Crippen LogP contribution in [0.4, 0.5) is 17.3 Å². The number of piperidine rings is 1. The minimum atomic E-state index is 0.0510. The van der Waals surface area contributed by atoms with Gasteiger partial charge in [0.15, 0.2) is 17.0 Å². The maximum atomic E-state index is 12.6. The van der Waals surface area contributed by atoms with Crippen LogP contribution in [-0.2, 0) is 18.2 Å². The highest BCUT2D eigenvalue weighted by atomic mass is 16.5. The van der Waals surface area contributed by atoms with Gasteiger partial charge in [0.2, 0.25) is 0 Å². The highest BCUT2D eigenvalue weighted by molar-refractivity contribution is 5.87. The number of nitrogens with one attached hydrogen (secondary N) is 1. The fourth-order valence-electron chi connectivity index (χ4n) is 5.69. The second-order valence-electron chi connectivity index (χ2n) is 9.71. The first-order chi connectivity index (χ1) is 16.0. The molecular formula is C23H30N8O2. The largest absolute Gasteiger partial charge is 0.376 e. The Labute approximate surface area is 191 Å². The fraction of sp³-hybridized carbons (Fsp3) is 0.565. The highest BCUT2D eigenvalue weighted by Gasteiger charge is 2.47. The number of aryl methyl sites for hydroxylation is 1. The summed E-state index contributed by atoms with van der Waals surface area (Å²) < 4.78 is 7.48. The predicted octanol–water partition coefficient (Wildman–Crippen LogP) is 1.47. The van der Waals surface area contributed by atoms with Crippen molar-refractivity contribution >= 4 is 28.5 Å². The van der Waals surface area contributed by atoms with Gasteiger partial charge in [0.1, 0.15) is 5.82 Å². The van der Waals surface area contributed by atoms with Gasteiger partial charge in [0.25, 0.3) is 5.56 Å². The fourth-order valence-corrected chi connectivity index (χ4v) is 5.69. The number of anilines is 3. The quantitative estimate of drug-likeness (QED) is 0.603. The van der Waals surface area contributed by atoms with Crippen molar-refractivity contribution in [1.29, 1.82) is 0 Å². The topological polar surface area (TPSA) is 118 Å². The number of nitrogens with zero attached hydrogens (tertiary/aromatic N) is 6. The third-order valence-corrected chi connectivity index (χ3v) is 7.87. The third kappa shape index (κ3) is 3.15. The van der Waals surface area contributed by atoms with Crippen molar-refractivity contribution in [3.63, 3.8) is 0 Å². The minimum absolute atomic E-state index is 0.0510. The molecule has 6 rings (SSSR count). The molecule has 0 unspecified atom stereocenters. The van der Waals surface area contributed by atoms with Gasteiger partial charge < -0.3 is 24.8 Å². The molecule has 0 aliphatic carbocycles. The molecule has 2 saturated heterocycles. The van der Waals surface area contributed by atoms with Crippen LogP contribution < -0.4 is 21.1 Å². The number of fused-ring (bicyclic) bond motifs is 2. The number of pyridine rings is 1. The zero-order chi connectivity index (χ0) is 22.7. The van der Waals surface area contributed by atoms with Crippen LogP contribution in [0.2, 0.25) is 0 Å². The summed E-state index contributed by atoms with van der Waals surface area (Å²) in [5.74, 6) is 1.57. The van der Waals surface area contributed by atoms with E-state index in [9.17, 15) is 4.79 Å². The van der Waals surface area contributed by atoms with Gasteiger partial charge in [-0.25, -0.2) is 9.97 Å². The molecule has 0 saturated carbocycles. The molecule has 3 aliphatic rings. The first-order valence-corrected chi connectivity index (χ1v) is 11.8. The normalized spacial score (nSPS) is 24.6. The Balaban J connectivity index is 1.27. The van der Waals surface area contributed by atoms with Crippen molar-refractivity contribution in [3.8, 4) is 0 Å². The molecule has 10 nitrogen and oxygen atoms in total. The first-order valence-electron chi connectivity index (χ1n) is 11.8. The molecule has 0 radical (unpaired) electrons. The lowest BCUT2D eigenvalue weighted by atomic mass is 9.73. The molecule has 0 amide bonds. The van der Waals surface area contributed by atoms with Crippen molar-refractivity contribution in [2.75, 3.05) is 36.0 Å². The summed E-state index contributed by atoms with van der Waals surface area (Å²) in [6.07, 6.45) is 7.42. The van der Waals surface area contributed by atoms with E-state index in [1.165, 1.54) is 0 Å². The Morgan fingerprint density at radius 1 is 1.27 bits per heavy atom. The number of nitrogens with two attached hydrogens (primary N) is 1. The summed E-state index contributed by atoms with van der Waals surface area (Å²) in [5, 5.41) is 7.62. The highest BCUT2D eigenvalue weighted by Crippen LogP contribution is 2.42. The molecule has 3 aromatic rings. The number of rotatable bonds is 2. The summed E-state index contributed by atoms with van der Waals surface area (Å²) in [6, 6.07) is 2.08. The molecule has 1 spiro atoms. The maximum absolute atomic E-state index is 12.6. The summed E-state index contributed by atoms with van der Waals surface area (Å²) in [6.45, 7) is 5.37. The molecule has 174 valence electrons. The summed E-state index contributed by atoms with van der Waals surface area (Å²) in [7, 11) is 1.79. The lowest BCUT2D eigenvalue weighted by Gasteiger charge is -2.41. The molecule has 2 atom stereocenters. The molecule has 0 aromatic carbocycles. The molecule has 3 aliphatic heterocycles. The van der Waals surface area contributed by atoms with Crippen LogP contribution in [0, 0.1) is 5.41 Å². The number of ether oxygens (including phenoxy) is 1. The van der Waals surface area contributed by atoms with Gasteiger partial charge >= 0.3 is 0 Å². The van der Waals surface area contributed by atoms with Crippen molar-refractivity contribution in [3.05, 3.63) is 34.4 Å². The van der Waals surface area contributed by atoms with Crippen molar-refractivity contribution in [2.24, 2.45) is 18.2 Å². The van der Waals surface area contributed by atoms with Crippen LogP contribution in [0.5, 0.6) is 0 Å². The lowest BCUT2D eigenvalue weighted by molar-refractivity contribution is 0.0974. The standard InChI is InChI=1S/C23H30N8O2/c1-14-19(24)23(13-33-14)6-10-30(11-7-23)17-12-25-18-20(26-17)27-28-21(18)31-8-3-4-15-16(31)5-9-29(2)22(15)32/h5,9,12,14,19H,3-4,6-8,10-11,13,24H2,1-2H3,(H,26,27,28)/t14-,19+/m0/s1. The van der Waals surface area contributed by atoms with Gasteiger partial charge in [-0.1, -0.05) is 0 Å². The predicted molar refractivity (Wildman–Crippen MR) is 126 cm³/mol. The second-order valence-corrected chi connectivity index (χ2v) is 9.71. The SMILES string of the molecule is C[C@@H]1OCC2(CCN(c3cnc4c(N5CCCc6c5ccn(C)c6=O)n[nH]c4n3)CC2)[C@@H]1N. The average Bonchev–Trinajstić information content (AvgIpc) is 3.38. The van der Waals surface area contributed by atoms with E-state index >= 15 is 0 Å². The van der Waals surface area contributed by atoms with Gasteiger partial charge in [0.05, 0.1) is 24.6 Å². The van der Waals surface area contributed by atoms with Gasteiger partial charge in [0, 0.05) is 49.9 Å². The van der Waals surface area contributed by atoms with Crippen molar-refractivity contribution in [2.45, 2.75) is 44.8 Å².